The lowest BCUT2D eigenvalue weighted by atomic mass is 10.0. The van der Waals surface area contributed by atoms with E-state index in [1.165, 1.54) is 11.6 Å². The highest BCUT2D eigenvalue weighted by Gasteiger charge is 2.39. The van der Waals surface area contributed by atoms with Gasteiger partial charge in [-0.15, -0.1) is 0 Å². The zero-order chi connectivity index (χ0) is 18.3. The van der Waals surface area contributed by atoms with Gasteiger partial charge < -0.3 is 10.5 Å². The normalized spacial score (nSPS) is 25.9. The smallest absolute Gasteiger partial charge is 0.170 e. The third-order valence-corrected chi connectivity index (χ3v) is 5.90. The molecule has 0 radical (unpaired) electrons. The molecular formula is C20H21BrF2N2O. The van der Waals surface area contributed by atoms with Crippen molar-refractivity contribution in [3.8, 4) is 5.75 Å². The lowest BCUT2D eigenvalue weighted by molar-refractivity contribution is 0.0565. The molecule has 2 aliphatic rings. The topological polar surface area (TPSA) is 38.5 Å². The Labute approximate surface area is 160 Å². The largest absolute Gasteiger partial charge is 0.480 e. The average Bonchev–Trinajstić information content (AvgIpc) is 2.96. The molecule has 3 atom stereocenters. The molecule has 1 aliphatic heterocycles. The second kappa shape index (κ2) is 7.25. The Morgan fingerprint density at radius 3 is 2.77 bits per heavy atom. The van der Waals surface area contributed by atoms with Crippen LogP contribution in [0.3, 0.4) is 0 Å². The van der Waals surface area contributed by atoms with Crippen molar-refractivity contribution in [1.82, 2.24) is 4.90 Å². The summed E-state index contributed by atoms with van der Waals surface area (Å²) in [6.45, 7) is 1.77. The zero-order valence-electron chi connectivity index (χ0n) is 14.3. The van der Waals surface area contributed by atoms with Crippen LogP contribution in [0.25, 0.3) is 0 Å². The summed E-state index contributed by atoms with van der Waals surface area (Å²) in [5, 5.41) is 0. The van der Waals surface area contributed by atoms with Crippen molar-refractivity contribution in [2.75, 3.05) is 13.1 Å². The van der Waals surface area contributed by atoms with Crippen LogP contribution in [0.5, 0.6) is 5.75 Å². The first-order chi connectivity index (χ1) is 12.5. The maximum atomic E-state index is 14.3. The second-order valence-corrected chi connectivity index (χ2v) is 7.96. The first-order valence-electron chi connectivity index (χ1n) is 8.91. The number of ether oxygens (including phenoxy) is 1. The Bertz CT molecular complexity index is 793. The van der Waals surface area contributed by atoms with Crippen molar-refractivity contribution in [2.24, 2.45) is 5.73 Å². The van der Waals surface area contributed by atoms with Gasteiger partial charge in [-0.05, 0) is 58.9 Å². The van der Waals surface area contributed by atoms with Gasteiger partial charge in [0.25, 0.3) is 0 Å². The Hall–Kier alpha value is -1.50. The Balaban J connectivity index is 1.68. The third-order valence-electron chi connectivity index (χ3n) is 5.31. The molecule has 2 aromatic rings. The predicted molar refractivity (Wildman–Crippen MR) is 100 cm³/mol. The number of halogens is 3. The average molecular weight is 423 g/mol. The number of nitrogens with two attached hydrogens (primary N) is 1. The Morgan fingerprint density at radius 1 is 1.19 bits per heavy atom. The van der Waals surface area contributed by atoms with Gasteiger partial charge in [0.05, 0.1) is 10.5 Å². The fourth-order valence-corrected chi connectivity index (χ4v) is 4.61. The minimum atomic E-state index is -0.699. The van der Waals surface area contributed by atoms with Gasteiger partial charge in [0, 0.05) is 18.7 Å². The molecule has 3 nitrogen and oxygen atoms in total. The van der Waals surface area contributed by atoms with Crippen LogP contribution in [0, 0.1) is 11.6 Å². The van der Waals surface area contributed by atoms with E-state index in [1.54, 1.807) is 0 Å². The molecule has 6 heteroatoms. The maximum absolute atomic E-state index is 14.3. The van der Waals surface area contributed by atoms with Gasteiger partial charge in [-0.3, -0.25) is 4.90 Å². The minimum absolute atomic E-state index is 0.0550. The van der Waals surface area contributed by atoms with Gasteiger partial charge in [0.2, 0.25) is 0 Å². The summed E-state index contributed by atoms with van der Waals surface area (Å²) in [5.41, 5.74) is 8.44. The summed E-state index contributed by atoms with van der Waals surface area (Å²) in [6, 6.07) is 10.4. The highest BCUT2D eigenvalue weighted by Crippen LogP contribution is 2.41. The lowest BCUT2D eigenvalue weighted by Gasteiger charge is -2.38. The van der Waals surface area contributed by atoms with Crippen molar-refractivity contribution in [3.63, 3.8) is 0 Å². The van der Waals surface area contributed by atoms with Crippen molar-refractivity contribution >= 4 is 15.9 Å². The number of piperidine rings is 1. The number of benzene rings is 2. The van der Waals surface area contributed by atoms with Crippen LogP contribution in [0.2, 0.25) is 0 Å². The SMILES string of the molecule is N[C@@H]1CCCN([C@@H]2Cc3ccccc3[C@H]2Oc2c(F)cc(F)cc2Br)C1. The molecule has 138 valence electrons. The van der Waals surface area contributed by atoms with Crippen LogP contribution in [0.1, 0.15) is 30.1 Å². The Morgan fingerprint density at radius 2 is 2.00 bits per heavy atom. The number of fused-ring (bicyclic) bond motifs is 1. The van der Waals surface area contributed by atoms with E-state index in [0.717, 1.165) is 44.0 Å². The van der Waals surface area contributed by atoms with E-state index in [2.05, 4.69) is 26.9 Å². The first kappa shape index (κ1) is 17.9. The van der Waals surface area contributed by atoms with Crippen molar-refractivity contribution in [3.05, 3.63) is 63.6 Å². The van der Waals surface area contributed by atoms with Gasteiger partial charge in [-0.1, -0.05) is 24.3 Å². The number of hydrogen-bond donors (Lipinski definition) is 1. The molecule has 1 heterocycles. The first-order valence-corrected chi connectivity index (χ1v) is 9.71. The van der Waals surface area contributed by atoms with Crippen molar-refractivity contribution < 1.29 is 13.5 Å². The molecule has 0 saturated carbocycles. The van der Waals surface area contributed by atoms with Crippen molar-refractivity contribution in [1.29, 1.82) is 0 Å². The van der Waals surface area contributed by atoms with E-state index in [1.807, 2.05) is 18.2 Å². The van der Waals surface area contributed by atoms with Gasteiger partial charge in [0.1, 0.15) is 11.9 Å². The van der Waals surface area contributed by atoms with Gasteiger partial charge in [-0.2, -0.15) is 0 Å². The van der Waals surface area contributed by atoms with Gasteiger partial charge >= 0.3 is 0 Å². The van der Waals surface area contributed by atoms with E-state index in [0.29, 0.717) is 0 Å². The second-order valence-electron chi connectivity index (χ2n) is 7.10. The molecule has 1 saturated heterocycles. The summed E-state index contributed by atoms with van der Waals surface area (Å²) in [7, 11) is 0. The highest BCUT2D eigenvalue weighted by atomic mass is 79.9. The summed E-state index contributed by atoms with van der Waals surface area (Å²) < 4.78 is 34.2. The summed E-state index contributed by atoms with van der Waals surface area (Å²) in [4.78, 5) is 2.36. The predicted octanol–water partition coefficient (Wildman–Crippen LogP) is 4.20. The molecule has 0 unspecified atom stereocenters. The number of rotatable bonds is 3. The quantitative estimate of drug-likeness (QED) is 0.805. The van der Waals surface area contributed by atoms with E-state index in [9.17, 15) is 8.78 Å². The number of nitrogens with zero attached hydrogens (tertiary/aromatic N) is 1. The molecule has 4 rings (SSSR count). The van der Waals surface area contributed by atoms with Crippen LogP contribution in [-0.4, -0.2) is 30.1 Å². The van der Waals surface area contributed by atoms with E-state index in [-0.39, 0.29) is 28.4 Å². The molecule has 26 heavy (non-hydrogen) atoms. The molecule has 1 fully saturated rings. The summed E-state index contributed by atoms with van der Waals surface area (Å²) >= 11 is 3.23. The van der Waals surface area contributed by atoms with Crippen molar-refractivity contribution in [2.45, 2.75) is 37.5 Å². The van der Waals surface area contributed by atoms with Crippen LogP contribution >= 0.6 is 15.9 Å². The molecule has 0 aromatic heterocycles. The summed E-state index contributed by atoms with van der Waals surface area (Å²) in [6.07, 6.45) is 2.61. The molecule has 0 spiro atoms. The number of hydrogen-bond acceptors (Lipinski definition) is 3. The molecule has 0 bridgehead atoms. The van der Waals surface area contributed by atoms with Crippen LogP contribution in [-0.2, 0) is 6.42 Å². The molecule has 0 amide bonds. The maximum Gasteiger partial charge on any atom is 0.170 e. The van der Waals surface area contributed by atoms with E-state index < -0.39 is 11.6 Å². The molecular weight excluding hydrogens is 402 g/mol. The van der Waals surface area contributed by atoms with Gasteiger partial charge in [-0.25, -0.2) is 8.78 Å². The standard InChI is InChI=1S/C20H21BrF2N2O/c21-16-9-13(22)10-17(23)20(16)26-19-15-6-2-1-4-12(15)8-18(19)25-7-3-5-14(24)11-25/h1-2,4,6,9-10,14,18-19H,3,5,7-8,11,24H2/t14-,18-,19-/m1/s1. The molecule has 1 aliphatic carbocycles. The minimum Gasteiger partial charge on any atom is -0.480 e. The highest BCUT2D eigenvalue weighted by molar-refractivity contribution is 9.10. The van der Waals surface area contributed by atoms with Crippen LogP contribution < -0.4 is 10.5 Å². The van der Waals surface area contributed by atoms with Crippen LogP contribution in [0.15, 0.2) is 40.9 Å². The van der Waals surface area contributed by atoms with Crippen LogP contribution in [0.4, 0.5) is 8.78 Å². The zero-order valence-corrected chi connectivity index (χ0v) is 15.9. The number of likely N-dealkylation sites (tertiary alicyclic amines) is 1. The monoisotopic (exact) mass is 422 g/mol. The fourth-order valence-electron chi connectivity index (χ4n) is 4.11. The fraction of sp³-hybridized carbons (Fsp3) is 0.400. The lowest BCUT2D eigenvalue weighted by Crippen LogP contribution is -2.49. The van der Waals surface area contributed by atoms with E-state index >= 15 is 0 Å². The summed E-state index contributed by atoms with van der Waals surface area (Å²) in [5.74, 6) is -1.28. The molecule has 2 aromatic carbocycles. The van der Waals surface area contributed by atoms with Gasteiger partial charge in [0.15, 0.2) is 11.6 Å². The third kappa shape index (κ3) is 3.38. The van der Waals surface area contributed by atoms with E-state index in [4.69, 9.17) is 10.5 Å². The Kier molecular flexibility index (Phi) is 4.99. The molecule has 2 N–H and O–H groups in total.